The number of hydrogen-bond donors (Lipinski definition) is 1. The van der Waals surface area contributed by atoms with Gasteiger partial charge < -0.3 is 9.67 Å². The van der Waals surface area contributed by atoms with Crippen molar-refractivity contribution in [1.82, 2.24) is 14.8 Å². The maximum atomic E-state index is 9.33. The van der Waals surface area contributed by atoms with Crippen LogP contribution in [0.15, 0.2) is 29.4 Å². The largest absolute Gasteiger partial charge is 0.388 e. The van der Waals surface area contributed by atoms with Crippen LogP contribution in [0.4, 0.5) is 0 Å². The van der Waals surface area contributed by atoms with Crippen LogP contribution in [-0.2, 0) is 24.8 Å². The van der Waals surface area contributed by atoms with Crippen molar-refractivity contribution in [2.75, 3.05) is 0 Å². The van der Waals surface area contributed by atoms with Gasteiger partial charge in [0.1, 0.15) is 6.61 Å². The second kappa shape index (κ2) is 6.29. The predicted molar refractivity (Wildman–Crippen MR) is 81.6 cm³/mol. The number of thioether (sulfide) groups is 1. The number of benzene rings is 1. The molecule has 1 N–H and O–H groups in total. The third kappa shape index (κ3) is 3.26. The molecule has 1 aromatic carbocycles. The highest BCUT2D eigenvalue weighted by Crippen LogP contribution is 2.30. The molecule has 21 heavy (non-hydrogen) atoms. The number of nitriles is 1. The Morgan fingerprint density at radius 3 is 2.67 bits per heavy atom. The highest BCUT2D eigenvalue weighted by Gasteiger charge is 2.23. The van der Waals surface area contributed by atoms with Gasteiger partial charge in [-0.2, -0.15) is 5.26 Å². The molecule has 2 aromatic rings. The lowest BCUT2D eigenvalue weighted by Crippen LogP contribution is -2.16. The first-order valence-corrected chi connectivity index (χ1v) is 7.59. The molecule has 0 aliphatic heterocycles. The van der Waals surface area contributed by atoms with Crippen LogP contribution in [0.2, 0.25) is 0 Å². The zero-order valence-corrected chi connectivity index (χ0v) is 13.2. The third-order valence-corrected chi connectivity index (χ3v) is 4.46. The van der Waals surface area contributed by atoms with Crippen LogP contribution in [0.5, 0.6) is 0 Å². The molecular weight excluding hydrogens is 284 g/mol. The Morgan fingerprint density at radius 1 is 1.33 bits per heavy atom. The molecule has 0 radical (unpaired) electrons. The SMILES string of the molecule is Cn1c(CO)nnc1SCc1ccccc1C(C)(C)C#N. The van der Waals surface area contributed by atoms with Crippen molar-refractivity contribution in [2.24, 2.45) is 7.05 Å². The maximum absolute atomic E-state index is 9.33. The Morgan fingerprint density at radius 2 is 2.05 bits per heavy atom. The monoisotopic (exact) mass is 302 g/mol. The minimum Gasteiger partial charge on any atom is -0.388 e. The normalized spacial score (nSPS) is 11.4. The van der Waals surface area contributed by atoms with E-state index >= 15 is 0 Å². The van der Waals surface area contributed by atoms with Crippen molar-refractivity contribution in [3.63, 3.8) is 0 Å². The molecule has 5 nitrogen and oxygen atoms in total. The van der Waals surface area contributed by atoms with Crippen molar-refractivity contribution < 1.29 is 5.11 Å². The van der Waals surface area contributed by atoms with Gasteiger partial charge in [0, 0.05) is 12.8 Å². The van der Waals surface area contributed by atoms with Gasteiger partial charge in [-0.15, -0.1) is 10.2 Å². The van der Waals surface area contributed by atoms with Gasteiger partial charge in [0.05, 0.1) is 11.5 Å². The average molecular weight is 302 g/mol. The molecule has 1 heterocycles. The zero-order chi connectivity index (χ0) is 15.5. The minimum atomic E-state index is -0.521. The summed E-state index contributed by atoms with van der Waals surface area (Å²) in [5, 5.41) is 27.2. The van der Waals surface area contributed by atoms with Crippen molar-refractivity contribution >= 4 is 11.8 Å². The second-order valence-electron chi connectivity index (χ2n) is 5.30. The maximum Gasteiger partial charge on any atom is 0.191 e. The average Bonchev–Trinajstić information content (AvgIpc) is 2.85. The molecule has 0 amide bonds. The third-order valence-electron chi connectivity index (χ3n) is 3.39. The first-order valence-electron chi connectivity index (χ1n) is 6.61. The summed E-state index contributed by atoms with van der Waals surface area (Å²) < 4.78 is 1.78. The van der Waals surface area contributed by atoms with E-state index < -0.39 is 5.41 Å². The van der Waals surface area contributed by atoms with Gasteiger partial charge in [-0.3, -0.25) is 0 Å². The van der Waals surface area contributed by atoms with E-state index in [9.17, 15) is 5.26 Å². The van der Waals surface area contributed by atoms with Crippen molar-refractivity contribution in [1.29, 1.82) is 5.26 Å². The highest BCUT2D eigenvalue weighted by molar-refractivity contribution is 7.98. The lowest BCUT2D eigenvalue weighted by atomic mass is 9.84. The van der Waals surface area contributed by atoms with E-state index in [-0.39, 0.29) is 6.61 Å². The quantitative estimate of drug-likeness (QED) is 0.858. The summed E-state index contributed by atoms with van der Waals surface area (Å²) in [6.45, 7) is 3.72. The molecule has 6 heteroatoms. The summed E-state index contributed by atoms with van der Waals surface area (Å²) in [5.74, 6) is 1.25. The number of aliphatic hydroxyl groups excluding tert-OH is 1. The molecule has 0 aliphatic carbocycles. The summed E-state index contributed by atoms with van der Waals surface area (Å²) in [5.41, 5.74) is 1.62. The van der Waals surface area contributed by atoms with Gasteiger partial charge in [-0.1, -0.05) is 36.0 Å². The molecule has 0 saturated carbocycles. The van der Waals surface area contributed by atoms with Crippen LogP contribution in [-0.4, -0.2) is 19.9 Å². The van der Waals surface area contributed by atoms with Crippen LogP contribution in [0, 0.1) is 11.3 Å². The van der Waals surface area contributed by atoms with Gasteiger partial charge in [0.2, 0.25) is 0 Å². The first-order chi connectivity index (χ1) is 9.99. The van der Waals surface area contributed by atoms with Gasteiger partial charge in [0.25, 0.3) is 0 Å². The summed E-state index contributed by atoms with van der Waals surface area (Å²) in [6.07, 6.45) is 0. The molecule has 0 saturated heterocycles. The summed E-state index contributed by atoms with van der Waals surface area (Å²) in [4.78, 5) is 0. The van der Waals surface area contributed by atoms with E-state index in [2.05, 4.69) is 16.3 Å². The fraction of sp³-hybridized carbons (Fsp3) is 0.400. The lowest BCUT2D eigenvalue weighted by molar-refractivity contribution is 0.266. The molecule has 0 spiro atoms. The smallest absolute Gasteiger partial charge is 0.191 e. The Kier molecular flexibility index (Phi) is 4.66. The molecular formula is C15H18N4OS. The number of hydrogen-bond acceptors (Lipinski definition) is 5. The topological polar surface area (TPSA) is 74.7 Å². The van der Waals surface area contributed by atoms with Crippen LogP contribution < -0.4 is 0 Å². The molecule has 0 aliphatic rings. The van der Waals surface area contributed by atoms with Crippen molar-refractivity contribution in [3.8, 4) is 6.07 Å². The second-order valence-corrected chi connectivity index (χ2v) is 6.24. The van der Waals surface area contributed by atoms with Crippen LogP contribution in [0.3, 0.4) is 0 Å². The Bertz CT molecular complexity index is 673. The molecule has 0 unspecified atom stereocenters. The summed E-state index contributed by atoms with van der Waals surface area (Å²) in [7, 11) is 1.83. The summed E-state index contributed by atoms with van der Waals surface area (Å²) in [6, 6.07) is 10.3. The van der Waals surface area contributed by atoms with Crippen LogP contribution >= 0.6 is 11.8 Å². The van der Waals surface area contributed by atoms with E-state index in [1.54, 1.807) is 16.3 Å². The Labute approximate surface area is 128 Å². The molecule has 0 fully saturated rings. The van der Waals surface area contributed by atoms with Gasteiger partial charge in [-0.25, -0.2) is 0 Å². The standard InChI is InChI=1S/C15H18N4OS/c1-15(2,10-16)12-7-5-4-6-11(12)9-21-14-18-17-13(8-20)19(14)3/h4-7,20H,8-9H2,1-3H3. The van der Waals surface area contributed by atoms with E-state index in [0.29, 0.717) is 11.6 Å². The van der Waals surface area contributed by atoms with Crippen LogP contribution in [0.25, 0.3) is 0 Å². The summed E-state index contributed by atoms with van der Waals surface area (Å²) >= 11 is 1.55. The van der Waals surface area contributed by atoms with E-state index in [4.69, 9.17) is 5.11 Å². The van der Waals surface area contributed by atoms with Gasteiger partial charge in [0.15, 0.2) is 11.0 Å². The van der Waals surface area contributed by atoms with Crippen LogP contribution in [0.1, 0.15) is 30.8 Å². The number of aliphatic hydroxyl groups is 1. The molecule has 0 bridgehead atoms. The van der Waals surface area contributed by atoms with Gasteiger partial charge in [-0.05, 0) is 25.0 Å². The minimum absolute atomic E-state index is 0.123. The Hall–Kier alpha value is -1.84. The fourth-order valence-electron chi connectivity index (χ4n) is 2.07. The predicted octanol–water partition coefficient (Wildman–Crippen LogP) is 2.40. The van der Waals surface area contributed by atoms with E-state index in [1.165, 1.54) is 0 Å². The molecule has 2 rings (SSSR count). The molecule has 1 aromatic heterocycles. The van der Waals surface area contributed by atoms with Crippen molar-refractivity contribution in [3.05, 3.63) is 41.2 Å². The Balaban J connectivity index is 2.21. The lowest BCUT2D eigenvalue weighted by Gasteiger charge is -2.19. The first kappa shape index (κ1) is 15.5. The number of aromatic nitrogens is 3. The van der Waals surface area contributed by atoms with E-state index in [0.717, 1.165) is 16.3 Å². The highest BCUT2D eigenvalue weighted by atomic mass is 32.2. The van der Waals surface area contributed by atoms with E-state index in [1.807, 2.05) is 45.2 Å². The molecule has 110 valence electrons. The van der Waals surface area contributed by atoms with Gasteiger partial charge >= 0.3 is 0 Å². The fourth-order valence-corrected chi connectivity index (χ4v) is 3.00. The number of nitrogens with zero attached hydrogens (tertiary/aromatic N) is 4. The molecule has 0 atom stereocenters. The number of rotatable bonds is 5. The van der Waals surface area contributed by atoms with Crippen molar-refractivity contribution in [2.45, 2.75) is 36.8 Å². The zero-order valence-electron chi connectivity index (χ0n) is 12.4.